The first-order chi connectivity index (χ1) is 17.5. The molecule has 37 heavy (non-hydrogen) atoms. The van der Waals surface area contributed by atoms with Crippen molar-refractivity contribution in [1.82, 2.24) is 9.88 Å². The van der Waals surface area contributed by atoms with Gasteiger partial charge in [-0.05, 0) is 87.1 Å². The standard InChI is InChI=1S/C32H43N3OS/c1-10-14-20(5)32(36,13-4)27-17-29-30-26(19-35(29)21(6)23(27)12-3)25(18-33-37-31(7,8)9)24-15-22(11-2)16-28(24)34-30/h15-18,22,36H,5-6,10-14,19H2,1-4,7-9H3. The van der Waals surface area contributed by atoms with Crippen LogP contribution in [0.25, 0.3) is 17.8 Å². The van der Waals surface area contributed by atoms with Crippen molar-refractivity contribution in [2.24, 2.45) is 10.3 Å². The molecule has 3 heterocycles. The third-order valence-corrected chi connectivity index (χ3v) is 8.48. The molecule has 0 fully saturated rings. The summed E-state index contributed by atoms with van der Waals surface area (Å²) in [5.41, 5.74) is 7.14. The molecule has 0 spiro atoms. The third-order valence-electron chi connectivity index (χ3n) is 7.72. The van der Waals surface area contributed by atoms with Gasteiger partial charge in [-0.2, -0.15) is 0 Å². The predicted octanol–water partition coefficient (Wildman–Crippen LogP) is 6.44. The molecule has 3 aliphatic rings. The van der Waals surface area contributed by atoms with Crippen LogP contribution in [0, 0.1) is 5.92 Å². The smallest absolute Gasteiger partial charge is 0.111 e. The van der Waals surface area contributed by atoms with E-state index in [1.165, 1.54) is 10.8 Å². The van der Waals surface area contributed by atoms with E-state index < -0.39 is 5.60 Å². The predicted molar refractivity (Wildman–Crippen MR) is 160 cm³/mol. The minimum absolute atomic E-state index is 0.0479. The molecule has 1 N–H and O–H groups in total. The van der Waals surface area contributed by atoms with Crippen molar-refractivity contribution >= 4 is 36.0 Å². The molecule has 4 rings (SSSR count). The summed E-state index contributed by atoms with van der Waals surface area (Å²) in [6, 6.07) is 0. The van der Waals surface area contributed by atoms with Gasteiger partial charge < -0.3 is 10.0 Å². The Labute approximate surface area is 227 Å². The van der Waals surface area contributed by atoms with Gasteiger partial charge in [0.25, 0.3) is 0 Å². The fourth-order valence-electron chi connectivity index (χ4n) is 5.64. The molecular formula is C32H43N3OS. The zero-order valence-electron chi connectivity index (χ0n) is 23.7. The van der Waals surface area contributed by atoms with E-state index in [9.17, 15) is 5.11 Å². The summed E-state index contributed by atoms with van der Waals surface area (Å²) >= 11 is 1.60. The Balaban J connectivity index is 1.93. The minimum Gasteiger partial charge on any atom is -0.381 e. The molecule has 1 aromatic rings. The van der Waals surface area contributed by atoms with E-state index in [-0.39, 0.29) is 4.75 Å². The number of allylic oxidation sites excluding steroid dienone is 1. The van der Waals surface area contributed by atoms with Gasteiger partial charge in [-0.1, -0.05) is 59.4 Å². The Morgan fingerprint density at radius 3 is 2.57 bits per heavy atom. The second-order valence-corrected chi connectivity index (χ2v) is 13.0. The SMILES string of the molecule is C=C1C(CC)=C(C(O)(CC)C(=C)CCC)C=C2c3nc4c(c(C=NSC(C)(C)C)c3CN12)=CC(CC)C=4. The van der Waals surface area contributed by atoms with Gasteiger partial charge in [-0.25, -0.2) is 9.38 Å². The Kier molecular flexibility index (Phi) is 7.79. The van der Waals surface area contributed by atoms with Gasteiger partial charge in [0.05, 0.1) is 23.3 Å². The lowest BCUT2D eigenvalue weighted by molar-refractivity contribution is 0.111. The zero-order chi connectivity index (χ0) is 27.1. The van der Waals surface area contributed by atoms with Gasteiger partial charge in [0.15, 0.2) is 0 Å². The topological polar surface area (TPSA) is 48.7 Å². The van der Waals surface area contributed by atoms with Gasteiger partial charge in [0, 0.05) is 33.0 Å². The van der Waals surface area contributed by atoms with E-state index >= 15 is 0 Å². The first-order valence-corrected chi connectivity index (χ1v) is 14.6. The number of hydrogen-bond donors (Lipinski definition) is 1. The Morgan fingerprint density at radius 1 is 1.24 bits per heavy atom. The van der Waals surface area contributed by atoms with Crippen LogP contribution < -0.4 is 10.6 Å². The van der Waals surface area contributed by atoms with E-state index in [1.807, 2.05) is 13.1 Å². The molecule has 0 radical (unpaired) electrons. The first kappa shape index (κ1) is 27.7. The van der Waals surface area contributed by atoms with Gasteiger partial charge in [-0.3, -0.25) is 0 Å². The van der Waals surface area contributed by atoms with Gasteiger partial charge in [0.1, 0.15) is 5.60 Å². The maximum atomic E-state index is 12.0. The number of rotatable bonds is 9. The lowest BCUT2D eigenvalue weighted by Gasteiger charge is -2.38. The second-order valence-electron chi connectivity index (χ2n) is 11.4. The Morgan fingerprint density at radius 2 is 1.97 bits per heavy atom. The summed E-state index contributed by atoms with van der Waals surface area (Å²) < 4.78 is 4.85. The van der Waals surface area contributed by atoms with E-state index in [0.717, 1.165) is 70.4 Å². The summed E-state index contributed by atoms with van der Waals surface area (Å²) in [6.45, 7) is 24.6. The van der Waals surface area contributed by atoms with Crippen LogP contribution in [0.15, 0.2) is 46.0 Å². The third kappa shape index (κ3) is 4.93. The van der Waals surface area contributed by atoms with E-state index in [4.69, 9.17) is 9.38 Å². The van der Waals surface area contributed by atoms with Gasteiger partial charge >= 0.3 is 0 Å². The lowest BCUT2D eigenvalue weighted by atomic mass is 9.77. The molecule has 1 aromatic heterocycles. The second kappa shape index (κ2) is 10.4. The molecule has 2 unspecified atom stereocenters. The van der Waals surface area contributed by atoms with Crippen LogP contribution in [-0.2, 0) is 6.54 Å². The number of hydrogen-bond acceptors (Lipinski definition) is 5. The summed E-state index contributed by atoms with van der Waals surface area (Å²) in [5, 5.41) is 14.2. The zero-order valence-corrected chi connectivity index (χ0v) is 24.6. The highest BCUT2D eigenvalue weighted by molar-refractivity contribution is 7.99. The van der Waals surface area contributed by atoms with Crippen molar-refractivity contribution in [3.8, 4) is 0 Å². The molecule has 0 bridgehead atoms. The summed E-state index contributed by atoms with van der Waals surface area (Å²) in [4.78, 5) is 7.49. The summed E-state index contributed by atoms with van der Waals surface area (Å²) in [5.74, 6) is 0.392. The molecule has 0 aromatic carbocycles. The molecule has 198 valence electrons. The van der Waals surface area contributed by atoms with Crippen molar-refractivity contribution in [3.05, 3.63) is 69.0 Å². The quantitative estimate of drug-likeness (QED) is 0.233. The van der Waals surface area contributed by atoms with E-state index in [1.54, 1.807) is 11.9 Å². The first-order valence-electron chi connectivity index (χ1n) is 13.8. The Bertz CT molecular complexity index is 1340. The van der Waals surface area contributed by atoms with E-state index in [2.05, 4.69) is 77.8 Å². The molecule has 4 nitrogen and oxygen atoms in total. The molecular weight excluding hydrogens is 474 g/mol. The van der Waals surface area contributed by atoms with Crippen molar-refractivity contribution in [3.63, 3.8) is 0 Å². The molecule has 1 aliphatic carbocycles. The number of aliphatic hydroxyl groups is 1. The highest BCUT2D eigenvalue weighted by Gasteiger charge is 2.40. The van der Waals surface area contributed by atoms with Crippen LogP contribution in [0.3, 0.4) is 0 Å². The highest BCUT2D eigenvalue weighted by Crippen LogP contribution is 2.46. The van der Waals surface area contributed by atoms with Crippen LogP contribution in [0.5, 0.6) is 0 Å². The minimum atomic E-state index is -1.08. The maximum Gasteiger partial charge on any atom is 0.111 e. The average molecular weight is 518 g/mol. The number of nitrogens with zero attached hydrogens (tertiary/aromatic N) is 3. The molecule has 2 aliphatic heterocycles. The summed E-state index contributed by atoms with van der Waals surface area (Å²) in [6.07, 6.45) is 13.0. The van der Waals surface area contributed by atoms with Crippen molar-refractivity contribution in [2.45, 2.75) is 97.5 Å². The number of fused-ring (bicyclic) bond motifs is 4. The van der Waals surface area contributed by atoms with Crippen LogP contribution in [-0.4, -0.2) is 31.6 Å². The van der Waals surface area contributed by atoms with Crippen LogP contribution in [0.2, 0.25) is 0 Å². The van der Waals surface area contributed by atoms with Crippen molar-refractivity contribution in [1.29, 1.82) is 0 Å². The average Bonchev–Trinajstić information content (AvgIpc) is 3.44. The molecule has 2 atom stereocenters. The molecule has 0 saturated carbocycles. The lowest BCUT2D eigenvalue weighted by Crippen LogP contribution is -2.36. The van der Waals surface area contributed by atoms with Crippen LogP contribution in [0.4, 0.5) is 0 Å². The van der Waals surface area contributed by atoms with Gasteiger partial charge in [0.2, 0.25) is 0 Å². The highest BCUT2D eigenvalue weighted by atomic mass is 32.2. The van der Waals surface area contributed by atoms with E-state index in [0.29, 0.717) is 18.9 Å². The largest absolute Gasteiger partial charge is 0.381 e. The van der Waals surface area contributed by atoms with Crippen molar-refractivity contribution in [2.75, 3.05) is 0 Å². The normalized spacial score (nSPS) is 20.3. The Hall–Kier alpha value is -2.37. The molecule has 5 heteroatoms. The molecule has 0 amide bonds. The fraction of sp³-hybridized carbons (Fsp3) is 0.500. The monoisotopic (exact) mass is 517 g/mol. The van der Waals surface area contributed by atoms with Crippen molar-refractivity contribution < 1.29 is 5.11 Å². The number of pyridine rings is 1. The maximum absolute atomic E-state index is 12.0. The summed E-state index contributed by atoms with van der Waals surface area (Å²) in [7, 11) is 0. The number of aromatic nitrogens is 1. The molecule has 0 saturated heterocycles. The van der Waals surface area contributed by atoms with Gasteiger partial charge in [-0.15, -0.1) is 0 Å². The van der Waals surface area contributed by atoms with Crippen LogP contribution in [0.1, 0.15) is 97.4 Å². The fourth-order valence-corrected chi connectivity index (χ4v) is 6.11. The van der Waals surface area contributed by atoms with Crippen LogP contribution >= 0.6 is 11.9 Å².